The van der Waals surface area contributed by atoms with E-state index < -0.39 is 0 Å². The number of halogens is 2. The molecule has 0 radical (unpaired) electrons. The minimum Gasteiger partial charge on any atom is -0.247 e. The highest BCUT2D eigenvalue weighted by Gasteiger charge is 1.98. The van der Waals surface area contributed by atoms with E-state index in [4.69, 9.17) is 26.8 Å². The molecular weight excluding hydrogens is 319 g/mol. The molecule has 0 saturated carbocycles. The Bertz CT molecular complexity index is 452. The van der Waals surface area contributed by atoms with Gasteiger partial charge in [0.15, 0.2) is 0 Å². The van der Waals surface area contributed by atoms with Gasteiger partial charge < -0.3 is 0 Å². The molecule has 0 spiro atoms. The van der Waals surface area contributed by atoms with Gasteiger partial charge in [0.1, 0.15) is 0 Å². The van der Waals surface area contributed by atoms with Crippen LogP contribution in [0.15, 0.2) is 48.5 Å². The number of rotatable bonds is 6. The molecular formula is C14H12Cl2OS2. The van der Waals surface area contributed by atoms with Crippen LogP contribution in [0.1, 0.15) is 11.1 Å². The van der Waals surface area contributed by atoms with Gasteiger partial charge in [0.25, 0.3) is 0 Å². The second-order valence-corrected chi connectivity index (χ2v) is 6.31. The molecule has 0 heterocycles. The maximum atomic E-state index is 5.82. The molecule has 0 amide bonds. The Labute approximate surface area is 132 Å². The molecule has 1 nitrogen and oxygen atoms in total. The highest BCUT2D eigenvalue weighted by Crippen LogP contribution is 2.24. The van der Waals surface area contributed by atoms with Crippen molar-refractivity contribution in [2.24, 2.45) is 0 Å². The molecule has 0 aliphatic rings. The Morgan fingerprint density at radius 3 is 1.42 bits per heavy atom. The fraction of sp³-hybridized carbons (Fsp3) is 0.143. The standard InChI is InChI=1S/C14H12Cl2OS2/c15-13-5-1-11(2-6-13)9-18-17-19-10-12-3-7-14(16)8-4-12/h1-8H,9-10H2. The average Bonchev–Trinajstić information content (AvgIpc) is 2.43. The van der Waals surface area contributed by atoms with E-state index in [0.717, 1.165) is 21.6 Å². The maximum absolute atomic E-state index is 5.82. The van der Waals surface area contributed by atoms with Gasteiger partial charge in [0, 0.05) is 45.6 Å². The number of hydrogen-bond acceptors (Lipinski definition) is 3. The van der Waals surface area contributed by atoms with E-state index in [1.807, 2.05) is 48.5 Å². The monoisotopic (exact) mass is 330 g/mol. The minimum atomic E-state index is 0.756. The van der Waals surface area contributed by atoms with Crippen molar-refractivity contribution in [3.63, 3.8) is 0 Å². The first-order chi connectivity index (χ1) is 9.24. The van der Waals surface area contributed by atoms with Crippen LogP contribution in [0, 0.1) is 0 Å². The van der Waals surface area contributed by atoms with E-state index in [1.54, 1.807) is 0 Å². The summed E-state index contributed by atoms with van der Waals surface area (Å²) < 4.78 is 5.47. The van der Waals surface area contributed by atoms with Crippen LogP contribution in [0.25, 0.3) is 0 Å². The second kappa shape index (κ2) is 8.08. The van der Waals surface area contributed by atoms with E-state index in [2.05, 4.69) is 0 Å². The third kappa shape index (κ3) is 5.67. The lowest BCUT2D eigenvalue weighted by Crippen LogP contribution is -1.81. The van der Waals surface area contributed by atoms with E-state index in [-0.39, 0.29) is 0 Å². The largest absolute Gasteiger partial charge is 0.247 e. The topological polar surface area (TPSA) is 9.23 Å². The summed E-state index contributed by atoms with van der Waals surface area (Å²) in [5.41, 5.74) is 2.39. The summed E-state index contributed by atoms with van der Waals surface area (Å²) in [5.74, 6) is 1.62. The fourth-order valence-corrected chi connectivity index (χ4v) is 2.95. The zero-order valence-corrected chi connectivity index (χ0v) is 13.2. The van der Waals surface area contributed by atoms with Crippen molar-refractivity contribution in [3.05, 3.63) is 69.7 Å². The van der Waals surface area contributed by atoms with Gasteiger partial charge in [-0.15, -0.1) is 0 Å². The van der Waals surface area contributed by atoms with E-state index >= 15 is 0 Å². The van der Waals surface area contributed by atoms with Crippen LogP contribution < -0.4 is 0 Å². The van der Waals surface area contributed by atoms with Crippen LogP contribution in [0.3, 0.4) is 0 Å². The van der Waals surface area contributed by atoms with Gasteiger partial charge >= 0.3 is 0 Å². The lowest BCUT2D eigenvalue weighted by molar-refractivity contribution is 0.755. The third-order valence-corrected chi connectivity index (χ3v) is 4.55. The van der Waals surface area contributed by atoms with Crippen molar-refractivity contribution in [1.29, 1.82) is 0 Å². The Kier molecular flexibility index (Phi) is 6.41. The maximum Gasteiger partial charge on any atom is 0.0461 e. The molecule has 100 valence electrons. The summed E-state index contributed by atoms with van der Waals surface area (Å²) in [4.78, 5) is 0. The fourth-order valence-electron chi connectivity index (χ4n) is 1.38. The summed E-state index contributed by atoms with van der Waals surface area (Å²) >= 11 is 14.5. The molecule has 0 aliphatic carbocycles. The third-order valence-electron chi connectivity index (χ3n) is 2.37. The van der Waals surface area contributed by atoms with Gasteiger partial charge in [-0.3, -0.25) is 0 Å². The Morgan fingerprint density at radius 1 is 0.684 bits per heavy atom. The lowest BCUT2D eigenvalue weighted by atomic mass is 10.2. The van der Waals surface area contributed by atoms with E-state index in [9.17, 15) is 0 Å². The molecule has 0 saturated heterocycles. The molecule has 2 aromatic rings. The summed E-state index contributed by atoms with van der Waals surface area (Å²) in [6.45, 7) is 0. The van der Waals surface area contributed by atoms with Crippen LogP contribution >= 0.6 is 47.3 Å². The van der Waals surface area contributed by atoms with Gasteiger partial charge in [-0.2, -0.15) is 0 Å². The van der Waals surface area contributed by atoms with Crippen molar-refractivity contribution in [1.82, 2.24) is 0 Å². The summed E-state index contributed by atoms with van der Waals surface area (Å²) in [7, 11) is 0. The molecule has 0 aromatic heterocycles. The Morgan fingerprint density at radius 2 is 1.05 bits per heavy atom. The molecule has 2 rings (SSSR count). The van der Waals surface area contributed by atoms with Gasteiger partial charge in [-0.25, -0.2) is 3.63 Å². The predicted octanol–water partition coefficient (Wildman–Crippen LogP) is 6.01. The molecule has 2 aromatic carbocycles. The highest BCUT2D eigenvalue weighted by molar-refractivity contribution is 8.07. The van der Waals surface area contributed by atoms with Crippen molar-refractivity contribution in [3.8, 4) is 0 Å². The van der Waals surface area contributed by atoms with Crippen LogP contribution in [0.2, 0.25) is 10.0 Å². The smallest absolute Gasteiger partial charge is 0.0461 e. The summed E-state index contributed by atoms with van der Waals surface area (Å²) in [6, 6.07) is 15.6. The van der Waals surface area contributed by atoms with Crippen LogP contribution in [-0.4, -0.2) is 0 Å². The summed E-state index contributed by atoms with van der Waals surface area (Å²) in [5, 5.41) is 1.51. The molecule has 0 N–H and O–H groups in total. The highest BCUT2D eigenvalue weighted by atomic mass is 35.5. The van der Waals surface area contributed by atoms with Crippen molar-refractivity contribution >= 4 is 47.3 Å². The van der Waals surface area contributed by atoms with Gasteiger partial charge in [0.2, 0.25) is 0 Å². The van der Waals surface area contributed by atoms with Gasteiger partial charge in [-0.1, -0.05) is 47.5 Å². The Balaban J connectivity index is 1.64. The van der Waals surface area contributed by atoms with Crippen LogP contribution in [-0.2, 0) is 15.1 Å². The van der Waals surface area contributed by atoms with Gasteiger partial charge in [0.05, 0.1) is 0 Å². The minimum absolute atomic E-state index is 0.756. The average molecular weight is 331 g/mol. The molecule has 0 atom stereocenters. The predicted molar refractivity (Wildman–Crippen MR) is 86.6 cm³/mol. The molecule has 0 fully saturated rings. The number of hydrogen-bond donors (Lipinski definition) is 0. The molecule has 0 aliphatic heterocycles. The zero-order chi connectivity index (χ0) is 13.5. The first-order valence-corrected chi connectivity index (χ1v) is 8.22. The van der Waals surface area contributed by atoms with Crippen molar-refractivity contribution < 1.29 is 3.63 Å². The number of benzene rings is 2. The SMILES string of the molecule is Clc1ccc(CSOSCc2ccc(Cl)cc2)cc1. The molecule has 0 unspecified atom stereocenters. The molecule has 19 heavy (non-hydrogen) atoms. The van der Waals surface area contributed by atoms with E-state index in [1.165, 1.54) is 35.2 Å². The first kappa shape index (κ1) is 15.1. The first-order valence-electron chi connectivity index (χ1n) is 5.64. The lowest BCUT2D eigenvalue weighted by Gasteiger charge is -2.03. The van der Waals surface area contributed by atoms with Gasteiger partial charge in [-0.05, 0) is 35.4 Å². The normalized spacial score (nSPS) is 10.6. The quantitative estimate of drug-likeness (QED) is 0.474. The van der Waals surface area contributed by atoms with Crippen LogP contribution in [0.5, 0.6) is 0 Å². The second-order valence-electron chi connectivity index (χ2n) is 3.85. The van der Waals surface area contributed by atoms with Crippen molar-refractivity contribution in [2.45, 2.75) is 11.5 Å². The van der Waals surface area contributed by atoms with Crippen LogP contribution in [0.4, 0.5) is 0 Å². The Hall–Kier alpha value is -0.320. The summed E-state index contributed by atoms with van der Waals surface area (Å²) in [6.07, 6.45) is 0. The van der Waals surface area contributed by atoms with E-state index in [0.29, 0.717) is 0 Å². The molecule has 0 bridgehead atoms. The zero-order valence-electron chi connectivity index (χ0n) is 10.0. The molecule has 5 heteroatoms. The van der Waals surface area contributed by atoms with Crippen molar-refractivity contribution in [2.75, 3.05) is 0 Å².